The molecule has 1 amide bonds. The van der Waals surface area contributed by atoms with E-state index in [9.17, 15) is 4.79 Å². The number of nitrogens with one attached hydrogen (secondary N) is 1. The van der Waals surface area contributed by atoms with Crippen molar-refractivity contribution >= 4 is 34.6 Å². The van der Waals surface area contributed by atoms with Crippen LogP contribution in [0.15, 0.2) is 52.9 Å². The standard InChI is InChI=1S/C20H20ClN3O2/c21-16-8-2-1-6-14(16)12-19(25)22-13-15-7-5-11-24(15)20-23-17-9-3-4-10-18(17)26-20/h1-4,6,8-10,15H,5,7,11-13H2,(H,22,25)/t15-/m0/s1. The van der Waals surface area contributed by atoms with Crippen LogP contribution in [0.4, 0.5) is 6.01 Å². The molecule has 0 saturated carbocycles. The van der Waals surface area contributed by atoms with Crippen molar-refractivity contribution in [3.63, 3.8) is 0 Å². The summed E-state index contributed by atoms with van der Waals surface area (Å²) < 4.78 is 5.89. The van der Waals surface area contributed by atoms with Crippen LogP contribution in [0.1, 0.15) is 18.4 Å². The van der Waals surface area contributed by atoms with E-state index in [1.54, 1.807) is 6.07 Å². The zero-order valence-corrected chi connectivity index (χ0v) is 15.1. The van der Waals surface area contributed by atoms with E-state index in [1.807, 2.05) is 42.5 Å². The molecular formula is C20H20ClN3O2. The van der Waals surface area contributed by atoms with E-state index in [0.717, 1.165) is 36.0 Å². The number of fused-ring (bicyclic) bond motifs is 1. The molecule has 0 radical (unpaired) electrons. The highest BCUT2D eigenvalue weighted by Crippen LogP contribution is 2.28. The fourth-order valence-electron chi connectivity index (χ4n) is 3.39. The molecule has 1 aromatic heterocycles. The Hall–Kier alpha value is -2.53. The molecule has 0 spiro atoms. The van der Waals surface area contributed by atoms with Crippen molar-refractivity contribution in [3.05, 3.63) is 59.1 Å². The van der Waals surface area contributed by atoms with E-state index in [-0.39, 0.29) is 18.4 Å². The molecule has 2 heterocycles. The van der Waals surface area contributed by atoms with Crippen LogP contribution >= 0.6 is 11.6 Å². The van der Waals surface area contributed by atoms with Gasteiger partial charge in [-0.05, 0) is 36.6 Å². The molecule has 0 bridgehead atoms. The van der Waals surface area contributed by atoms with Gasteiger partial charge in [0.05, 0.1) is 12.5 Å². The number of benzene rings is 2. The molecule has 5 nitrogen and oxygen atoms in total. The van der Waals surface area contributed by atoms with Gasteiger partial charge in [0, 0.05) is 18.1 Å². The van der Waals surface area contributed by atoms with Crippen LogP contribution in [-0.2, 0) is 11.2 Å². The summed E-state index contributed by atoms with van der Waals surface area (Å²) in [5, 5.41) is 3.65. The van der Waals surface area contributed by atoms with Crippen LogP contribution in [0.25, 0.3) is 11.1 Å². The zero-order chi connectivity index (χ0) is 17.9. The number of aromatic nitrogens is 1. The number of anilines is 1. The fourth-order valence-corrected chi connectivity index (χ4v) is 3.59. The molecule has 3 aromatic rings. The molecule has 1 saturated heterocycles. The maximum absolute atomic E-state index is 12.3. The summed E-state index contributed by atoms with van der Waals surface area (Å²) in [6.07, 6.45) is 2.35. The number of halogens is 1. The first-order valence-electron chi connectivity index (χ1n) is 8.83. The number of para-hydroxylation sites is 2. The summed E-state index contributed by atoms with van der Waals surface area (Å²) >= 11 is 6.13. The van der Waals surface area contributed by atoms with Crippen molar-refractivity contribution in [1.29, 1.82) is 0 Å². The number of carbonyl (C=O) groups excluding carboxylic acids is 1. The molecule has 4 rings (SSSR count). The highest BCUT2D eigenvalue weighted by atomic mass is 35.5. The molecule has 0 unspecified atom stereocenters. The second kappa shape index (κ2) is 7.38. The Labute approximate surface area is 157 Å². The molecule has 2 aromatic carbocycles. The van der Waals surface area contributed by atoms with E-state index in [0.29, 0.717) is 17.6 Å². The second-order valence-electron chi connectivity index (χ2n) is 6.53. The minimum absolute atomic E-state index is 0.0254. The first-order chi connectivity index (χ1) is 12.7. The second-order valence-corrected chi connectivity index (χ2v) is 6.93. The van der Waals surface area contributed by atoms with E-state index >= 15 is 0 Å². The minimum Gasteiger partial charge on any atom is -0.423 e. The summed E-state index contributed by atoms with van der Waals surface area (Å²) in [4.78, 5) is 19.0. The Kier molecular flexibility index (Phi) is 4.80. The average molecular weight is 370 g/mol. The molecule has 1 aliphatic heterocycles. The third-order valence-corrected chi connectivity index (χ3v) is 5.12. The topological polar surface area (TPSA) is 58.4 Å². The summed E-state index contributed by atoms with van der Waals surface area (Å²) in [5.74, 6) is -0.0254. The van der Waals surface area contributed by atoms with E-state index < -0.39 is 0 Å². The van der Waals surface area contributed by atoms with E-state index in [1.165, 1.54) is 0 Å². The number of carbonyl (C=O) groups is 1. The Morgan fingerprint density at radius 1 is 1.23 bits per heavy atom. The third-order valence-electron chi connectivity index (χ3n) is 4.75. The number of rotatable bonds is 5. The van der Waals surface area contributed by atoms with Gasteiger partial charge in [0.1, 0.15) is 5.52 Å². The van der Waals surface area contributed by atoms with Crippen LogP contribution in [0.3, 0.4) is 0 Å². The first kappa shape index (κ1) is 16.9. The summed E-state index contributed by atoms with van der Waals surface area (Å²) in [6.45, 7) is 1.46. The average Bonchev–Trinajstić information content (AvgIpc) is 3.28. The Balaban J connectivity index is 1.39. The van der Waals surface area contributed by atoms with Crippen LogP contribution in [0.5, 0.6) is 0 Å². The van der Waals surface area contributed by atoms with Crippen LogP contribution in [0.2, 0.25) is 5.02 Å². The molecule has 6 heteroatoms. The molecule has 1 fully saturated rings. The summed E-state index contributed by atoms with van der Waals surface area (Å²) in [7, 11) is 0. The molecule has 134 valence electrons. The normalized spacial score (nSPS) is 17.0. The number of amides is 1. The highest BCUT2D eigenvalue weighted by Gasteiger charge is 2.28. The lowest BCUT2D eigenvalue weighted by Gasteiger charge is -2.23. The molecule has 26 heavy (non-hydrogen) atoms. The molecule has 1 N–H and O–H groups in total. The number of nitrogens with zero attached hydrogens (tertiary/aromatic N) is 2. The van der Waals surface area contributed by atoms with E-state index in [2.05, 4.69) is 15.2 Å². The van der Waals surface area contributed by atoms with Gasteiger partial charge < -0.3 is 14.6 Å². The predicted octanol–water partition coefficient (Wildman–Crippen LogP) is 3.81. The van der Waals surface area contributed by atoms with Gasteiger partial charge >= 0.3 is 0 Å². The highest BCUT2D eigenvalue weighted by molar-refractivity contribution is 6.31. The van der Waals surface area contributed by atoms with Crippen molar-refractivity contribution < 1.29 is 9.21 Å². The quantitative estimate of drug-likeness (QED) is 0.743. The third kappa shape index (κ3) is 3.53. The number of oxazole rings is 1. The van der Waals surface area contributed by atoms with Crippen LogP contribution < -0.4 is 10.2 Å². The fraction of sp³-hybridized carbons (Fsp3) is 0.300. The lowest BCUT2D eigenvalue weighted by atomic mass is 10.1. The summed E-state index contributed by atoms with van der Waals surface area (Å²) in [5.41, 5.74) is 2.49. The monoisotopic (exact) mass is 369 g/mol. The number of hydrogen-bond donors (Lipinski definition) is 1. The van der Waals surface area contributed by atoms with Gasteiger partial charge in [-0.2, -0.15) is 4.98 Å². The molecular weight excluding hydrogens is 350 g/mol. The van der Waals surface area contributed by atoms with Crippen LogP contribution in [-0.4, -0.2) is 30.0 Å². The van der Waals surface area contributed by atoms with E-state index in [4.69, 9.17) is 16.0 Å². The Bertz CT molecular complexity index is 891. The Morgan fingerprint density at radius 3 is 2.88 bits per heavy atom. The smallest absolute Gasteiger partial charge is 0.298 e. The first-order valence-corrected chi connectivity index (χ1v) is 9.21. The molecule has 1 atom stereocenters. The van der Waals surface area contributed by atoms with Crippen molar-refractivity contribution in [2.75, 3.05) is 18.0 Å². The molecule has 1 aliphatic rings. The maximum atomic E-state index is 12.3. The Morgan fingerprint density at radius 2 is 2.04 bits per heavy atom. The van der Waals surface area contributed by atoms with Gasteiger partial charge in [-0.1, -0.05) is 41.9 Å². The maximum Gasteiger partial charge on any atom is 0.298 e. The lowest BCUT2D eigenvalue weighted by Crippen LogP contribution is -2.40. The number of hydrogen-bond acceptors (Lipinski definition) is 4. The van der Waals surface area contributed by atoms with Gasteiger partial charge in [0.15, 0.2) is 5.58 Å². The predicted molar refractivity (Wildman–Crippen MR) is 103 cm³/mol. The lowest BCUT2D eigenvalue weighted by molar-refractivity contribution is -0.120. The molecule has 0 aliphatic carbocycles. The summed E-state index contributed by atoms with van der Waals surface area (Å²) in [6, 6.07) is 16.0. The minimum atomic E-state index is -0.0254. The van der Waals surface area contributed by atoms with Gasteiger partial charge in [0.25, 0.3) is 6.01 Å². The largest absolute Gasteiger partial charge is 0.423 e. The van der Waals surface area contributed by atoms with Gasteiger partial charge in [-0.25, -0.2) is 0 Å². The van der Waals surface area contributed by atoms with Crippen molar-refractivity contribution in [1.82, 2.24) is 10.3 Å². The SMILES string of the molecule is O=C(Cc1ccccc1Cl)NC[C@@H]1CCCN1c1nc2ccccc2o1. The van der Waals surface area contributed by atoms with Gasteiger partial charge in [0.2, 0.25) is 5.91 Å². The van der Waals surface area contributed by atoms with Gasteiger partial charge in [-0.15, -0.1) is 0 Å². The zero-order valence-electron chi connectivity index (χ0n) is 14.3. The van der Waals surface area contributed by atoms with Crippen molar-refractivity contribution in [2.45, 2.75) is 25.3 Å². The van der Waals surface area contributed by atoms with Crippen molar-refractivity contribution in [2.24, 2.45) is 0 Å². The van der Waals surface area contributed by atoms with Gasteiger partial charge in [-0.3, -0.25) is 4.79 Å². The van der Waals surface area contributed by atoms with Crippen LogP contribution in [0, 0.1) is 0 Å². The van der Waals surface area contributed by atoms with Crippen molar-refractivity contribution in [3.8, 4) is 0 Å².